The van der Waals surface area contributed by atoms with Gasteiger partial charge in [-0.1, -0.05) is 11.6 Å². The molecular formula is C30H40ClFN6O9S2. The number of carbonyl (C=O) groups is 2. The lowest BCUT2D eigenvalue weighted by molar-refractivity contribution is 0.0470. The Morgan fingerprint density at radius 1 is 1.14 bits per heavy atom. The molecule has 0 aliphatic heterocycles. The molecule has 0 bridgehead atoms. The second-order valence-corrected chi connectivity index (χ2v) is 14.6. The molecule has 0 fully saturated rings. The van der Waals surface area contributed by atoms with Crippen LogP contribution >= 0.6 is 23.1 Å². The molecule has 0 spiro atoms. The summed E-state index contributed by atoms with van der Waals surface area (Å²) < 4.78 is 63.7. The van der Waals surface area contributed by atoms with Crippen LogP contribution in [0.15, 0.2) is 41.6 Å². The molecule has 3 aromatic rings. The number of nitrogens with one attached hydrogen (secondary N) is 2. The zero-order chi connectivity index (χ0) is 36.4. The summed E-state index contributed by atoms with van der Waals surface area (Å²) in [6, 6.07) is 6.83. The second-order valence-electron chi connectivity index (χ2n) is 11.6. The van der Waals surface area contributed by atoms with Gasteiger partial charge < -0.3 is 40.0 Å². The van der Waals surface area contributed by atoms with Gasteiger partial charge in [0.15, 0.2) is 0 Å². The maximum absolute atomic E-state index is 15.5. The number of nitrogens with zero attached hydrogens (tertiary/aromatic N) is 4. The molecule has 2 aromatic carbocycles. The molecule has 49 heavy (non-hydrogen) atoms. The first-order valence-corrected chi connectivity index (χ1v) is 17.5. The summed E-state index contributed by atoms with van der Waals surface area (Å²) in [5, 5.41) is 25.0. The predicted octanol–water partition coefficient (Wildman–Crippen LogP) is 4.80. The SMILES string of the molecule is COc1ccc(CN(c2ncns2)S(=O)(=O)c2cc(Cl)c(NCCCCN(C[C@@H](O)CNC(=O)OC(C)(C)C)C(=O)O)cc2F)c(OC)c1. The summed E-state index contributed by atoms with van der Waals surface area (Å²) in [6.45, 7) is 4.68. The van der Waals surface area contributed by atoms with Crippen LogP contribution in [0.4, 0.5) is 24.8 Å². The topological polar surface area (TPSA) is 193 Å². The second kappa shape index (κ2) is 17.5. The fourth-order valence-electron chi connectivity index (χ4n) is 4.40. The molecule has 1 aromatic heterocycles. The number of unbranched alkanes of at least 4 members (excludes halogenated alkanes) is 1. The molecule has 0 aliphatic rings. The Bertz CT molecular complexity index is 1680. The summed E-state index contributed by atoms with van der Waals surface area (Å²) in [6.07, 6.45) is -1.18. The van der Waals surface area contributed by atoms with Crippen LogP contribution in [-0.2, 0) is 21.3 Å². The van der Waals surface area contributed by atoms with Crippen molar-refractivity contribution in [2.24, 2.45) is 0 Å². The molecule has 4 N–H and O–H groups in total. The molecule has 0 aliphatic carbocycles. The Balaban J connectivity index is 1.63. The van der Waals surface area contributed by atoms with Crippen molar-refractivity contribution in [2.45, 2.75) is 56.8 Å². The van der Waals surface area contributed by atoms with Gasteiger partial charge in [0, 0.05) is 42.8 Å². The molecule has 19 heteroatoms. The maximum Gasteiger partial charge on any atom is 0.407 e. The standard InChI is InChI=1S/C30H40ClFN6O9S2/c1-30(2,3)47-28(40)34-15-20(39)17-37(29(41)42)11-7-6-10-33-24-14-23(32)26(13-22(24)31)49(43,44)38(27-35-18-36-48-27)16-19-8-9-21(45-4)12-25(19)46-5/h8-9,12-14,18,20,33,39H,6-7,10-11,15-17H2,1-5H3,(H,34,40)(H,41,42)/t20-/m0/s1. The average Bonchev–Trinajstić information content (AvgIpc) is 3.56. The highest BCUT2D eigenvalue weighted by Gasteiger charge is 2.32. The number of aliphatic hydroxyl groups excluding tert-OH is 1. The Morgan fingerprint density at radius 2 is 1.88 bits per heavy atom. The van der Waals surface area contributed by atoms with E-state index >= 15 is 4.39 Å². The van der Waals surface area contributed by atoms with E-state index in [1.807, 2.05) is 0 Å². The van der Waals surface area contributed by atoms with Gasteiger partial charge in [-0.15, -0.1) is 0 Å². The number of ether oxygens (including phenoxy) is 3. The number of carboxylic acid groups (broad SMARTS) is 1. The van der Waals surface area contributed by atoms with E-state index in [2.05, 4.69) is 20.0 Å². The van der Waals surface area contributed by atoms with Gasteiger partial charge in [0.25, 0.3) is 10.0 Å². The molecular weight excluding hydrogens is 707 g/mol. The third-order valence-electron chi connectivity index (χ3n) is 6.71. The lowest BCUT2D eigenvalue weighted by Crippen LogP contribution is -2.43. The highest BCUT2D eigenvalue weighted by molar-refractivity contribution is 7.93. The average molecular weight is 747 g/mol. The van der Waals surface area contributed by atoms with Crippen LogP contribution < -0.4 is 24.4 Å². The number of amides is 2. The van der Waals surface area contributed by atoms with E-state index in [4.69, 9.17) is 25.8 Å². The van der Waals surface area contributed by atoms with Crippen molar-refractivity contribution in [2.75, 3.05) is 50.0 Å². The van der Waals surface area contributed by atoms with Gasteiger partial charge in [-0.2, -0.15) is 4.37 Å². The summed E-state index contributed by atoms with van der Waals surface area (Å²) in [5.74, 6) is -0.219. The number of rotatable bonds is 17. The molecule has 270 valence electrons. The zero-order valence-corrected chi connectivity index (χ0v) is 30.0. The maximum atomic E-state index is 15.5. The first-order valence-electron chi connectivity index (χ1n) is 14.9. The number of hydrogen-bond acceptors (Lipinski definition) is 12. The number of alkyl carbamates (subject to hydrolysis) is 1. The number of aromatic nitrogens is 2. The number of carbonyl (C=O) groups excluding carboxylic acids is 1. The van der Waals surface area contributed by atoms with Gasteiger partial charge in [-0.3, -0.25) is 0 Å². The van der Waals surface area contributed by atoms with Crippen LogP contribution in [0.5, 0.6) is 11.5 Å². The van der Waals surface area contributed by atoms with Crippen molar-refractivity contribution >= 4 is 56.2 Å². The number of benzene rings is 2. The number of anilines is 2. The highest BCUT2D eigenvalue weighted by Crippen LogP contribution is 2.35. The minimum Gasteiger partial charge on any atom is -0.497 e. The predicted molar refractivity (Wildman–Crippen MR) is 182 cm³/mol. The zero-order valence-electron chi connectivity index (χ0n) is 27.6. The van der Waals surface area contributed by atoms with Crippen LogP contribution in [-0.4, -0.2) is 97.2 Å². The van der Waals surface area contributed by atoms with E-state index in [0.29, 0.717) is 29.9 Å². The Hall–Kier alpha value is -4.13. The fourth-order valence-corrected chi connectivity index (χ4v) is 6.90. The quantitative estimate of drug-likeness (QED) is 0.138. The minimum absolute atomic E-state index is 0.00202. The van der Waals surface area contributed by atoms with E-state index in [9.17, 15) is 28.2 Å². The number of sulfonamides is 1. The van der Waals surface area contributed by atoms with Gasteiger partial charge in [-0.05, 0) is 57.9 Å². The first-order chi connectivity index (χ1) is 23.0. The van der Waals surface area contributed by atoms with Crippen LogP contribution in [0, 0.1) is 5.82 Å². The van der Waals surface area contributed by atoms with Crippen molar-refractivity contribution < 1.29 is 46.8 Å². The van der Waals surface area contributed by atoms with E-state index in [-0.39, 0.29) is 48.6 Å². The van der Waals surface area contributed by atoms with E-state index in [1.54, 1.807) is 39.0 Å². The largest absolute Gasteiger partial charge is 0.497 e. The number of hydrogen-bond donors (Lipinski definition) is 4. The third kappa shape index (κ3) is 11.5. The summed E-state index contributed by atoms with van der Waals surface area (Å²) in [7, 11) is -1.64. The normalized spacial score (nSPS) is 12.2. The first kappa shape index (κ1) is 39.3. The summed E-state index contributed by atoms with van der Waals surface area (Å²) >= 11 is 7.21. The van der Waals surface area contributed by atoms with E-state index in [1.165, 1.54) is 20.5 Å². The Morgan fingerprint density at radius 3 is 2.49 bits per heavy atom. The molecule has 0 radical (unpaired) electrons. The van der Waals surface area contributed by atoms with Crippen LogP contribution in [0.25, 0.3) is 0 Å². The Kier molecular flexibility index (Phi) is 14.0. The van der Waals surface area contributed by atoms with Gasteiger partial charge in [0.2, 0.25) is 5.13 Å². The molecule has 1 heterocycles. The number of methoxy groups -OCH3 is 2. The molecule has 1 atom stereocenters. The Labute approximate surface area is 293 Å². The van der Waals surface area contributed by atoms with Crippen molar-refractivity contribution in [3.8, 4) is 11.5 Å². The smallest absolute Gasteiger partial charge is 0.407 e. The molecule has 2 amide bonds. The number of halogens is 2. The molecule has 0 saturated carbocycles. The van der Waals surface area contributed by atoms with Gasteiger partial charge in [0.05, 0.1) is 44.1 Å². The van der Waals surface area contributed by atoms with Crippen LogP contribution in [0.2, 0.25) is 5.02 Å². The third-order valence-corrected chi connectivity index (χ3v) is 9.58. The molecule has 0 saturated heterocycles. The molecule has 0 unspecified atom stereocenters. The molecule has 15 nitrogen and oxygen atoms in total. The van der Waals surface area contributed by atoms with Crippen molar-refractivity contribution in [1.82, 2.24) is 19.6 Å². The van der Waals surface area contributed by atoms with Crippen LogP contribution in [0.3, 0.4) is 0 Å². The van der Waals surface area contributed by atoms with Gasteiger partial charge in [-0.25, -0.2) is 31.7 Å². The minimum atomic E-state index is -4.55. The number of aliphatic hydroxyl groups is 1. The van der Waals surface area contributed by atoms with Crippen molar-refractivity contribution in [1.29, 1.82) is 0 Å². The lowest BCUT2D eigenvalue weighted by Gasteiger charge is -2.24. The van der Waals surface area contributed by atoms with Crippen molar-refractivity contribution in [3.05, 3.63) is 53.1 Å². The highest BCUT2D eigenvalue weighted by atomic mass is 35.5. The monoisotopic (exact) mass is 746 g/mol. The van der Waals surface area contributed by atoms with E-state index < -0.39 is 44.6 Å². The summed E-state index contributed by atoms with van der Waals surface area (Å²) in [5.41, 5.74) is -0.128. The lowest BCUT2D eigenvalue weighted by atomic mass is 10.2. The summed E-state index contributed by atoms with van der Waals surface area (Å²) in [4.78, 5) is 27.8. The van der Waals surface area contributed by atoms with Gasteiger partial charge in [0.1, 0.15) is 34.1 Å². The van der Waals surface area contributed by atoms with Crippen LogP contribution in [0.1, 0.15) is 39.2 Å². The fraction of sp³-hybridized carbons (Fsp3) is 0.467. The van der Waals surface area contributed by atoms with Gasteiger partial charge >= 0.3 is 12.2 Å². The van der Waals surface area contributed by atoms with Crippen molar-refractivity contribution in [3.63, 3.8) is 0 Å². The molecule has 3 rings (SSSR count). The van der Waals surface area contributed by atoms with E-state index in [0.717, 1.165) is 32.9 Å².